The fourth-order valence-corrected chi connectivity index (χ4v) is 2.86. The number of fused-ring (bicyclic) bond motifs is 2. The van der Waals surface area contributed by atoms with Crippen molar-refractivity contribution in [1.82, 2.24) is 5.32 Å². The minimum atomic E-state index is -0.131. The van der Waals surface area contributed by atoms with E-state index in [9.17, 15) is 0 Å². The van der Waals surface area contributed by atoms with Gasteiger partial charge in [-0.3, -0.25) is 0 Å². The molecule has 3 rings (SSSR count). The second kappa shape index (κ2) is 2.96. The summed E-state index contributed by atoms with van der Waals surface area (Å²) in [4.78, 5) is 0. The molecule has 0 aliphatic carbocycles. The van der Waals surface area contributed by atoms with Gasteiger partial charge in [-0.2, -0.15) is 0 Å². The van der Waals surface area contributed by atoms with Crippen LogP contribution in [0, 0.1) is 0 Å². The minimum Gasteiger partial charge on any atom is -0.364 e. The highest BCUT2D eigenvalue weighted by Crippen LogP contribution is 2.44. The standard InChI is InChI=1S/C11H12ClNO/c12-9-3-1-2-8-6-14-11(10(8)9)4-5-13-7-11/h1-3,13H,4-7H2. The van der Waals surface area contributed by atoms with E-state index in [1.54, 1.807) is 0 Å². The van der Waals surface area contributed by atoms with E-state index < -0.39 is 0 Å². The number of rotatable bonds is 0. The first-order valence-electron chi connectivity index (χ1n) is 4.94. The first-order chi connectivity index (χ1) is 6.82. The van der Waals surface area contributed by atoms with E-state index in [0.717, 1.165) is 24.5 Å². The number of nitrogens with one attached hydrogen (secondary N) is 1. The van der Waals surface area contributed by atoms with Crippen molar-refractivity contribution in [3.8, 4) is 0 Å². The number of halogens is 1. The van der Waals surface area contributed by atoms with Crippen molar-refractivity contribution in [3.63, 3.8) is 0 Å². The SMILES string of the molecule is Clc1cccc2c1C1(CCNC1)OC2. The van der Waals surface area contributed by atoms with Crippen molar-refractivity contribution in [2.24, 2.45) is 0 Å². The molecule has 1 aromatic carbocycles. The lowest BCUT2D eigenvalue weighted by atomic mass is 9.91. The van der Waals surface area contributed by atoms with Crippen LogP contribution in [0.3, 0.4) is 0 Å². The lowest BCUT2D eigenvalue weighted by Crippen LogP contribution is -2.28. The second-order valence-electron chi connectivity index (χ2n) is 3.98. The van der Waals surface area contributed by atoms with Crippen LogP contribution in [0.2, 0.25) is 5.02 Å². The maximum absolute atomic E-state index is 6.23. The van der Waals surface area contributed by atoms with Gasteiger partial charge in [-0.15, -0.1) is 0 Å². The Morgan fingerprint density at radius 2 is 2.36 bits per heavy atom. The maximum Gasteiger partial charge on any atom is 0.109 e. The predicted molar refractivity (Wildman–Crippen MR) is 55.4 cm³/mol. The molecule has 2 aliphatic heterocycles. The molecule has 1 fully saturated rings. The first-order valence-corrected chi connectivity index (χ1v) is 5.32. The van der Waals surface area contributed by atoms with Crippen molar-refractivity contribution in [3.05, 3.63) is 34.3 Å². The zero-order chi connectivity index (χ0) is 9.60. The number of hydrogen-bond acceptors (Lipinski definition) is 2. The summed E-state index contributed by atoms with van der Waals surface area (Å²) in [5, 5.41) is 4.19. The van der Waals surface area contributed by atoms with E-state index in [4.69, 9.17) is 16.3 Å². The van der Waals surface area contributed by atoms with Crippen molar-refractivity contribution < 1.29 is 4.74 Å². The molecule has 1 atom stereocenters. The number of hydrogen-bond donors (Lipinski definition) is 1. The Labute approximate surface area is 88.2 Å². The molecule has 1 saturated heterocycles. The summed E-state index contributed by atoms with van der Waals surface area (Å²) in [6.07, 6.45) is 1.03. The molecule has 1 aromatic rings. The van der Waals surface area contributed by atoms with Crippen molar-refractivity contribution in [2.45, 2.75) is 18.6 Å². The van der Waals surface area contributed by atoms with Gasteiger partial charge in [-0.1, -0.05) is 23.7 Å². The molecule has 1 spiro atoms. The van der Waals surface area contributed by atoms with Gasteiger partial charge < -0.3 is 10.1 Å². The molecule has 0 bridgehead atoms. The topological polar surface area (TPSA) is 21.3 Å². The van der Waals surface area contributed by atoms with Gasteiger partial charge in [0.1, 0.15) is 5.60 Å². The Morgan fingerprint density at radius 1 is 1.43 bits per heavy atom. The Hall–Kier alpha value is -0.570. The molecule has 1 N–H and O–H groups in total. The number of ether oxygens (including phenoxy) is 1. The molecule has 2 aliphatic rings. The molecule has 2 nitrogen and oxygen atoms in total. The van der Waals surface area contributed by atoms with Gasteiger partial charge in [0.15, 0.2) is 0 Å². The lowest BCUT2D eigenvalue weighted by Gasteiger charge is -2.23. The maximum atomic E-state index is 6.23. The molecule has 0 aromatic heterocycles. The van der Waals surface area contributed by atoms with E-state index >= 15 is 0 Å². The Bertz CT molecular complexity index is 372. The van der Waals surface area contributed by atoms with Gasteiger partial charge in [-0.05, 0) is 24.6 Å². The fourth-order valence-electron chi connectivity index (χ4n) is 2.49. The first kappa shape index (κ1) is 8.72. The van der Waals surface area contributed by atoms with Gasteiger partial charge in [0.2, 0.25) is 0 Å². The average Bonchev–Trinajstić information content (AvgIpc) is 2.77. The van der Waals surface area contributed by atoms with Crippen LogP contribution in [0.5, 0.6) is 0 Å². The van der Waals surface area contributed by atoms with E-state index in [1.165, 1.54) is 11.1 Å². The van der Waals surface area contributed by atoms with Gasteiger partial charge in [-0.25, -0.2) is 0 Å². The van der Waals surface area contributed by atoms with Gasteiger partial charge in [0.25, 0.3) is 0 Å². The Kier molecular flexibility index (Phi) is 1.84. The summed E-state index contributed by atoms with van der Waals surface area (Å²) in [6, 6.07) is 6.05. The molecule has 2 heterocycles. The van der Waals surface area contributed by atoms with Crippen LogP contribution >= 0.6 is 11.6 Å². The molecule has 14 heavy (non-hydrogen) atoms. The van der Waals surface area contributed by atoms with Crippen molar-refractivity contribution >= 4 is 11.6 Å². The van der Waals surface area contributed by atoms with Crippen molar-refractivity contribution in [1.29, 1.82) is 0 Å². The monoisotopic (exact) mass is 209 g/mol. The molecule has 0 amide bonds. The molecule has 3 heteroatoms. The van der Waals surface area contributed by atoms with Crippen LogP contribution in [0.25, 0.3) is 0 Å². The third kappa shape index (κ3) is 1.05. The summed E-state index contributed by atoms with van der Waals surface area (Å²) in [7, 11) is 0. The van der Waals surface area contributed by atoms with Crippen LogP contribution in [-0.2, 0) is 16.9 Å². The summed E-state index contributed by atoms with van der Waals surface area (Å²) in [5.74, 6) is 0. The smallest absolute Gasteiger partial charge is 0.109 e. The Morgan fingerprint density at radius 3 is 3.14 bits per heavy atom. The van der Waals surface area contributed by atoms with Crippen LogP contribution in [0.4, 0.5) is 0 Å². The predicted octanol–water partition coefficient (Wildman–Crippen LogP) is 2.06. The molecule has 0 radical (unpaired) electrons. The fraction of sp³-hybridized carbons (Fsp3) is 0.455. The number of benzene rings is 1. The highest BCUT2D eigenvalue weighted by atomic mass is 35.5. The summed E-state index contributed by atoms with van der Waals surface area (Å²) < 4.78 is 5.91. The average molecular weight is 210 g/mol. The third-order valence-electron chi connectivity index (χ3n) is 3.18. The zero-order valence-electron chi connectivity index (χ0n) is 7.85. The summed E-state index contributed by atoms with van der Waals surface area (Å²) in [5.41, 5.74) is 2.33. The molecular formula is C11H12ClNO. The third-order valence-corrected chi connectivity index (χ3v) is 3.49. The van der Waals surface area contributed by atoms with Gasteiger partial charge in [0, 0.05) is 17.1 Å². The second-order valence-corrected chi connectivity index (χ2v) is 4.39. The molecular weight excluding hydrogens is 198 g/mol. The largest absolute Gasteiger partial charge is 0.364 e. The van der Waals surface area contributed by atoms with E-state index in [-0.39, 0.29) is 5.60 Å². The summed E-state index contributed by atoms with van der Waals surface area (Å²) in [6.45, 7) is 2.62. The van der Waals surface area contributed by atoms with Gasteiger partial charge >= 0.3 is 0 Å². The van der Waals surface area contributed by atoms with Crippen LogP contribution < -0.4 is 5.32 Å². The zero-order valence-corrected chi connectivity index (χ0v) is 8.60. The van der Waals surface area contributed by atoms with Crippen molar-refractivity contribution in [2.75, 3.05) is 13.1 Å². The summed E-state index contributed by atoms with van der Waals surface area (Å²) >= 11 is 6.23. The molecule has 0 saturated carbocycles. The Balaban J connectivity index is 2.16. The minimum absolute atomic E-state index is 0.131. The highest BCUT2D eigenvalue weighted by Gasteiger charge is 2.43. The van der Waals surface area contributed by atoms with Gasteiger partial charge in [0.05, 0.1) is 6.61 Å². The van der Waals surface area contributed by atoms with Crippen LogP contribution in [0.1, 0.15) is 17.5 Å². The quantitative estimate of drug-likeness (QED) is 0.706. The highest BCUT2D eigenvalue weighted by molar-refractivity contribution is 6.31. The lowest BCUT2D eigenvalue weighted by molar-refractivity contribution is -0.0218. The molecule has 74 valence electrons. The van der Waals surface area contributed by atoms with Crippen LogP contribution in [0.15, 0.2) is 18.2 Å². The van der Waals surface area contributed by atoms with E-state index in [0.29, 0.717) is 6.61 Å². The van der Waals surface area contributed by atoms with Crippen LogP contribution in [-0.4, -0.2) is 13.1 Å². The normalized spacial score (nSPS) is 29.8. The molecule has 1 unspecified atom stereocenters. The van der Waals surface area contributed by atoms with E-state index in [2.05, 4.69) is 11.4 Å². The van der Waals surface area contributed by atoms with E-state index in [1.807, 2.05) is 12.1 Å².